The third-order valence-corrected chi connectivity index (χ3v) is 4.68. The number of hydrogen-bond donors (Lipinski definition) is 5. The second-order valence-electron chi connectivity index (χ2n) is 6.35. The molecule has 1 unspecified atom stereocenters. The molecule has 0 radical (unpaired) electrons. The first-order chi connectivity index (χ1) is 12.1. The Labute approximate surface area is 148 Å². The quantitative estimate of drug-likeness (QED) is 0.480. The van der Waals surface area contributed by atoms with Gasteiger partial charge in [-0.15, -0.1) is 0 Å². The van der Waals surface area contributed by atoms with Crippen molar-refractivity contribution in [1.29, 1.82) is 5.41 Å². The molecular weight excluding hydrogens is 318 g/mol. The fraction of sp³-hybridized carbons (Fsp3) is 0.500. The summed E-state index contributed by atoms with van der Waals surface area (Å²) in [5.74, 6) is 0.0852. The van der Waals surface area contributed by atoms with Crippen molar-refractivity contribution < 1.29 is 9.90 Å². The fourth-order valence-corrected chi connectivity index (χ4v) is 3.27. The van der Waals surface area contributed by atoms with Crippen LogP contribution in [0.2, 0.25) is 0 Å². The number of nitrogens with one attached hydrogen (secondary N) is 3. The van der Waals surface area contributed by atoms with Gasteiger partial charge in [0.05, 0.1) is 18.2 Å². The maximum atomic E-state index is 12.7. The molecule has 7 heteroatoms. The van der Waals surface area contributed by atoms with E-state index in [0.29, 0.717) is 17.1 Å². The maximum Gasteiger partial charge on any atom is 0.255 e. The predicted molar refractivity (Wildman–Crippen MR) is 99.4 cm³/mol. The zero-order valence-corrected chi connectivity index (χ0v) is 14.6. The number of carbonyl (C=O) groups is 1. The average Bonchev–Trinajstić information content (AvgIpc) is 2.65. The Bertz CT molecular complexity index is 638. The Morgan fingerprint density at radius 1 is 1.48 bits per heavy atom. The first-order valence-corrected chi connectivity index (χ1v) is 8.66. The molecule has 1 aromatic heterocycles. The lowest BCUT2D eigenvalue weighted by Crippen LogP contribution is -2.43. The monoisotopic (exact) mass is 345 g/mol. The molecule has 1 fully saturated rings. The minimum Gasteiger partial charge on any atom is -0.394 e. The molecular formula is C18H27N5O2. The van der Waals surface area contributed by atoms with Gasteiger partial charge in [-0.05, 0) is 24.8 Å². The van der Waals surface area contributed by atoms with Crippen LogP contribution < -0.4 is 16.4 Å². The molecule has 25 heavy (non-hydrogen) atoms. The van der Waals surface area contributed by atoms with Gasteiger partial charge in [-0.3, -0.25) is 4.79 Å². The first kappa shape index (κ1) is 18.9. The molecule has 0 bridgehead atoms. The predicted octanol–water partition coefficient (Wildman–Crippen LogP) is 1.54. The molecule has 1 aliphatic rings. The highest BCUT2D eigenvalue weighted by molar-refractivity contribution is 6.09. The van der Waals surface area contributed by atoms with Gasteiger partial charge in [-0.25, -0.2) is 4.98 Å². The molecule has 0 aromatic carbocycles. The van der Waals surface area contributed by atoms with Crippen LogP contribution in [0.4, 0.5) is 5.82 Å². The molecule has 2 rings (SSSR count). The van der Waals surface area contributed by atoms with Crippen molar-refractivity contribution in [1.82, 2.24) is 15.6 Å². The van der Waals surface area contributed by atoms with Gasteiger partial charge in [-0.2, -0.15) is 0 Å². The summed E-state index contributed by atoms with van der Waals surface area (Å²) in [5, 5.41) is 22.9. The largest absolute Gasteiger partial charge is 0.394 e. The van der Waals surface area contributed by atoms with Gasteiger partial charge in [0.15, 0.2) is 0 Å². The Kier molecular flexibility index (Phi) is 6.94. The Morgan fingerprint density at radius 3 is 2.80 bits per heavy atom. The highest BCUT2D eigenvalue weighted by Crippen LogP contribution is 2.27. The number of aliphatic hydroxyl groups excluding tert-OH is 1. The lowest BCUT2D eigenvalue weighted by atomic mass is 9.84. The summed E-state index contributed by atoms with van der Waals surface area (Å²) in [6.07, 6.45) is 9.88. The third kappa shape index (κ3) is 4.79. The van der Waals surface area contributed by atoms with Crippen molar-refractivity contribution in [2.24, 2.45) is 5.92 Å². The average molecular weight is 345 g/mol. The molecule has 0 aliphatic heterocycles. The number of nitrogens with zero attached hydrogens (tertiary/aromatic N) is 1. The van der Waals surface area contributed by atoms with E-state index >= 15 is 0 Å². The summed E-state index contributed by atoms with van der Waals surface area (Å²) in [4.78, 5) is 16.7. The molecule has 136 valence electrons. The molecule has 0 spiro atoms. The number of allylic oxidation sites excluding steroid dienone is 1. The summed E-state index contributed by atoms with van der Waals surface area (Å²) in [7, 11) is 1.73. The zero-order chi connectivity index (χ0) is 18.2. The van der Waals surface area contributed by atoms with Crippen LogP contribution >= 0.6 is 0 Å². The number of rotatable bonds is 7. The summed E-state index contributed by atoms with van der Waals surface area (Å²) in [5.41, 5.74) is 7.35. The van der Waals surface area contributed by atoms with Gasteiger partial charge in [0.2, 0.25) is 0 Å². The first-order valence-electron chi connectivity index (χ1n) is 8.66. The molecule has 7 nitrogen and oxygen atoms in total. The van der Waals surface area contributed by atoms with Crippen molar-refractivity contribution in [3.8, 4) is 0 Å². The molecule has 1 amide bonds. The number of pyridine rings is 1. The lowest BCUT2D eigenvalue weighted by molar-refractivity contribution is 0.0871. The van der Waals surface area contributed by atoms with Gasteiger partial charge >= 0.3 is 0 Å². The lowest BCUT2D eigenvalue weighted by Gasteiger charge is -2.29. The van der Waals surface area contributed by atoms with E-state index in [1.807, 2.05) is 0 Å². The van der Waals surface area contributed by atoms with Crippen LogP contribution in [0.15, 0.2) is 18.5 Å². The minimum atomic E-state index is -0.342. The van der Waals surface area contributed by atoms with Crippen LogP contribution in [0.3, 0.4) is 0 Å². The zero-order valence-electron chi connectivity index (χ0n) is 14.6. The third-order valence-electron chi connectivity index (χ3n) is 4.68. The Morgan fingerprint density at radius 2 is 2.20 bits per heavy atom. The van der Waals surface area contributed by atoms with E-state index in [9.17, 15) is 9.90 Å². The van der Waals surface area contributed by atoms with E-state index in [-0.39, 0.29) is 29.9 Å². The molecule has 1 aromatic rings. The van der Waals surface area contributed by atoms with E-state index in [0.717, 1.165) is 25.7 Å². The second-order valence-corrected chi connectivity index (χ2v) is 6.35. The van der Waals surface area contributed by atoms with Crippen LogP contribution in [0, 0.1) is 11.3 Å². The van der Waals surface area contributed by atoms with Crippen molar-refractivity contribution in [2.75, 3.05) is 19.4 Å². The number of nitrogen functional groups attached to an aromatic ring is 1. The molecule has 1 aliphatic carbocycles. The van der Waals surface area contributed by atoms with Crippen molar-refractivity contribution in [3.05, 3.63) is 29.6 Å². The number of hydrogen-bond acceptors (Lipinski definition) is 6. The smallest absolute Gasteiger partial charge is 0.255 e. The van der Waals surface area contributed by atoms with Gasteiger partial charge in [-0.1, -0.05) is 19.3 Å². The molecule has 6 N–H and O–H groups in total. The highest BCUT2D eigenvalue weighted by atomic mass is 16.3. The van der Waals surface area contributed by atoms with Crippen molar-refractivity contribution >= 4 is 23.5 Å². The number of nitrogens with two attached hydrogens (primary N) is 1. The Hall–Kier alpha value is -2.41. The summed E-state index contributed by atoms with van der Waals surface area (Å²) in [6, 6.07) is 1.35. The van der Waals surface area contributed by atoms with Gasteiger partial charge in [0.1, 0.15) is 5.82 Å². The number of amides is 1. The number of carbonyl (C=O) groups excluding carboxylic acids is 1. The van der Waals surface area contributed by atoms with Crippen LogP contribution in [0.1, 0.15) is 48.0 Å². The van der Waals surface area contributed by atoms with Crippen LogP contribution in [-0.4, -0.2) is 41.9 Å². The van der Waals surface area contributed by atoms with Crippen molar-refractivity contribution in [2.45, 2.75) is 38.1 Å². The maximum absolute atomic E-state index is 12.7. The summed E-state index contributed by atoms with van der Waals surface area (Å²) < 4.78 is 0. The van der Waals surface area contributed by atoms with E-state index in [2.05, 4.69) is 15.6 Å². The fourth-order valence-electron chi connectivity index (χ4n) is 3.27. The SMILES string of the molecule is CN/C=C(\C=N)c1cnc(N)c(C(=O)NC(CO)C2CCCCC2)c1. The second kappa shape index (κ2) is 9.17. The van der Waals surface area contributed by atoms with Gasteiger partial charge in [0, 0.05) is 36.8 Å². The van der Waals surface area contributed by atoms with Gasteiger partial charge < -0.3 is 26.9 Å². The highest BCUT2D eigenvalue weighted by Gasteiger charge is 2.25. The molecule has 1 heterocycles. The molecule has 1 atom stereocenters. The number of anilines is 1. The normalized spacial score (nSPS) is 17.0. The summed E-state index contributed by atoms with van der Waals surface area (Å²) >= 11 is 0. The van der Waals surface area contributed by atoms with E-state index in [1.54, 1.807) is 19.3 Å². The van der Waals surface area contributed by atoms with Crippen LogP contribution in [0.5, 0.6) is 0 Å². The standard InChI is InChI=1S/C18H27N5O2/c1-21-9-14(8-19)13-7-15(17(20)22-10-13)18(25)23-16(11-24)12-5-3-2-4-6-12/h7-10,12,16,19,21,24H,2-6,11H2,1H3,(H2,20,22)(H,23,25)/b14-9+,19-8?. The van der Waals surface area contributed by atoms with E-state index in [1.165, 1.54) is 18.8 Å². The van der Waals surface area contributed by atoms with E-state index < -0.39 is 0 Å². The topological polar surface area (TPSA) is 124 Å². The molecule has 1 saturated carbocycles. The minimum absolute atomic E-state index is 0.0885. The number of aliphatic hydroxyl groups is 1. The van der Waals surface area contributed by atoms with Gasteiger partial charge in [0.25, 0.3) is 5.91 Å². The van der Waals surface area contributed by atoms with Crippen LogP contribution in [0.25, 0.3) is 5.57 Å². The molecule has 0 saturated heterocycles. The van der Waals surface area contributed by atoms with E-state index in [4.69, 9.17) is 11.1 Å². The van der Waals surface area contributed by atoms with Crippen LogP contribution in [-0.2, 0) is 0 Å². The van der Waals surface area contributed by atoms with Crippen molar-refractivity contribution in [3.63, 3.8) is 0 Å². The Balaban J connectivity index is 2.19. The number of aromatic nitrogens is 1. The summed E-state index contributed by atoms with van der Waals surface area (Å²) in [6.45, 7) is -0.0885.